The molecule has 19 heavy (non-hydrogen) atoms. The Morgan fingerprint density at radius 3 is 2.95 bits per heavy atom. The molecule has 0 amide bonds. The van der Waals surface area contributed by atoms with E-state index in [4.69, 9.17) is 4.52 Å². The molecule has 2 rings (SSSR count). The number of nitrogens with one attached hydrogen (secondary N) is 1. The van der Waals surface area contributed by atoms with Gasteiger partial charge < -0.3 is 9.84 Å². The van der Waals surface area contributed by atoms with E-state index < -0.39 is 0 Å². The maximum Gasteiger partial charge on any atom is 0.151 e. The number of nitrogens with zero attached hydrogens (tertiary/aromatic N) is 2. The highest BCUT2D eigenvalue weighted by molar-refractivity contribution is 5.05. The monoisotopic (exact) mass is 265 g/mol. The molecule has 0 spiro atoms. The van der Waals surface area contributed by atoms with Crippen molar-refractivity contribution in [3.63, 3.8) is 0 Å². The summed E-state index contributed by atoms with van der Waals surface area (Å²) in [5.74, 6) is 2.52. The van der Waals surface area contributed by atoms with Crippen molar-refractivity contribution in [1.82, 2.24) is 15.4 Å². The lowest BCUT2D eigenvalue weighted by Gasteiger charge is -2.40. The largest absolute Gasteiger partial charge is 0.360 e. The number of aromatic nitrogens is 1. The standard InChI is InChI=1S/C15H27N3O/c1-5-16-8-14-7-15(19-17-14)10-18-9-11(2)6-12(3)13(18)4/h7,11-13,16H,5-6,8-10H2,1-4H3. The number of hydrogen-bond acceptors (Lipinski definition) is 4. The van der Waals surface area contributed by atoms with Crippen molar-refractivity contribution >= 4 is 0 Å². The molecule has 0 bridgehead atoms. The van der Waals surface area contributed by atoms with Gasteiger partial charge in [-0.3, -0.25) is 4.90 Å². The van der Waals surface area contributed by atoms with E-state index in [0.717, 1.165) is 49.5 Å². The predicted octanol–water partition coefficient (Wildman–Crippen LogP) is 2.65. The van der Waals surface area contributed by atoms with Crippen LogP contribution in [-0.2, 0) is 13.1 Å². The first-order valence-electron chi connectivity index (χ1n) is 7.49. The smallest absolute Gasteiger partial charge is 0.151 e. The summed E-state index contributed by atoms with van der Waals surface area (Å²) < 4.78 is 5.45. The van der Waals surface area contributed by atoms with E-state index in [1.165, 1.54) is 6.42 Å². The molecule has 1 aromatic heterocycles. The summed E-state index contributed by atoms with van der Waals surface area (Å²) in [5.41, 5.74) is 1.00. The van der Waals surface area contributed by atoms with Crippen LogP contribution in [0.15, 0.2) is 10.6 Å². The first-order chi connectivity index (χ1) is 9.10. The first kappa shape index (κ1) is 14.5. The Hall–Kier alpha value is -0.870. The molecule has 1 fully saturated rings. The van der Waals surface area contributed by atoms with Gasteiger partial charge in [0.15, 0.2) is 5.76 Å². The van der Waals surface area contributed by atoms with Crippen LogP contribution in [0.2, 0.25) is 0 Å². The molecule has 0 radical (unpaired) electrons. The Kier molecular flexibility index (Phi) is 4.99. The zero-order valence-electron chi connectivity index (χ0n) is 12.6. The molecule has 108 valence electrons. The highest BCUT2D eigenvalue weighted by atomic mass is 16.5. The molecule has 1 aromatic rings. The fraction of sp³-hybridized carbons (Fsp3) is 0.800. The Bertz CT molecular complexity index is 390. The molecule has 4 heteroatoms. The minimum absolute atomic E-state index is 0.624. The van der Waals surface area contributed by atoms with Gasteiger partial charge in [0.25, 0.3) is 0 Å². The number of hydrogen-bond donors (Lipinski definition) is 1. The zero-order chi connectivity index (χ0) is 13.8. The van der Waals surface area contributed by atoms with Crippen molar-refractivity contribution < 1.29 is 4.52 Å². The summed E-state index contributed by atoms with van der Waals surface area (Å²) in [7, 11) is 0. The van der Waals surface area contributed by atoms with Gasteiger partial charge in [-0.2, -0.15) is 0 Å². The average molecular weight is 265 g/mol. The van der Waals surface area contributed by atoms with Crippen LogP contribution in [0.3, 0.4) is 0 Å². The van der Waals surface area contributed by atoms with Crippen molar-refractivity contribution in [2.75, 3.05) is 13.1 Å². The van der Waals surface area contributed by atoms with Crippen molar-refractivity contribution in [3.8, 4) is 0 Å². The summed E-state index contributed by atoms with van der Waals surface area (Å²) in [5, 5.41) is 7.39. The van der Waals surface area contributed by atoms with Gasteiger partial charge in [-0.15, -0.1) is 0 Å². The van der Waals surface area contributed by atoms with E-state index in [0.29, 0.717) is 6.04 Å². The van der Waals surface area contributed by atoms with Gasteiger partial charge in [0.05, 0.1) is 12.2 Å². The van der Waals surface area contributed by atoms with Crippen LogP contribution < -0.4 is 5.32 Å². The van der Waals surface area contributed by atoms with Crippen LogP contribution in [0.4, 0.5) is 0 Å². The minimum atomic E-state index is 0.624. The van der Waals surface area contributed by atoms with Gasteiger partial charge in [0, 0.05) is 25.2 Å². The maximum atomic E-state index is 5.45. The molecule has 3 atom stereocenters. The molecule has 1 saturated heterocycles. The summed E-state index contributed by atoms with van der Waals surface area (Å²) in [4.78, 5) is 2.52. The SMILES string of the molecule is CCNCc1cc(CN2CC(C)CC(C)C2C)on1. The van der Waals surface area contributed by atoms with Crippen molar-refractivity contribution in [2.45, 2.75) is 53.2 Å². The van der Waals surface area contributed by atoms with Crippen LogP contribution in [0.5, 0.6) is 0 Å². The Balaban J connectivity index is 1.94. The zero-order valence-corrected chi connectivity index (χ0v) is 12.6. The predicted molar refractivity (Wildman–Crippen MR) is 76.7 cm³/mol. The van der Waals surface area contributed by atoms with Crippen molar-refractivity contribution in [1.29, 1.82) is 0 Å². The summed E-state index contributed by atoms with van der Waals surface area (Å²) in [6.45, 7) is 12.9. The van der Waals surface area contributed by atoms with E-state index in [1.807, 2.05) is 0 Å². The second-order valence-corrected chi connectivity index (χ2v) is 6.05. The minimum Gasteiger partial charge on any atom is -0.360 e. The Morgan fingerprint density at radius 1 is 1.42 bits per heavy atom. The maximum absolute atomic E-state index is 5.45. The first-order valence-corrected chi connectivity index (χ1v) is 7.49. The Morgan fingerprint density at radius 2 is 2.21 bits per heavy atom. The lowest BCUT2D eigenvalue weighted by atomic mass is 9.86. The van der Waals surface area contributed by atoms with Crippen LogP contribution in [0.1, 0.15) is 45.6 Å². The molecule has 0 aromatic carbocycles. The van der Waals surface area contributed by atoms with Crippen LogP contribution in [0, 0.1) is 11.8 Å². The quantitative estimate of drug-likeness (QED) is 0.888. The van der Waals surface area contributed by atoms with Gasteiger partial charge in [-0.1, -0.05) is 25.9 Å². The van der Waals surface area contributed by atoms with Gasteiger partial charge in [0.1, 0.15) is 0 Å². The molecule has 4 nitrogen and oxygen atoms in total. The third-order valence-corrected chi connectivity index (χ3v) is 4.24. The fourth-order valence-corrected chi connectivity index (χ4v) is 3.01. The normalized spacial score (nSPS) is 28.7. The second-order valence-electron chi connectivity index (χ2n) is 6.05. The summed E-state index contributed by atoms with van der Waals surface area (Å²) in [6.07, 6.45) is 1.33. The molecule has 1 N–H and O–H groups in total. The van der Waals surface area contributed by atoms with Crippen LogP contribution in [0.25, 0.3) is 0 Å². The van der Waals surface area contributed by atoms with E-state index in [9.17, 15) is 0 Å². The van der Waals surface area contributed by atoms with E-state index in [2.05, 4.69) is 49.1 Å². The highest BCUT2D eigenvalue weighted by Crippen LogP contribution is 2.28. The molecule has 0 aliphatic carbocycles. The van der Waals surface area contributed by atoms with E-state index in [1.54, 1.807) is 0 Å². The molecule has 0 saturated carbocycles. The highest BCUT2D eigenvalue weighted by Gasteiger charge is 2.29. The van der Waals surface area contributed by atoms with Gasteiger partial charge >= 0.3 is 0 Å². The summed E-state index contributed by atoms with van der Waals surface area (Å²) in [6, 6.07) is 2.71. The Labute approximate surface area is 116 Å². The topological polar surface area (TPSA) is 41.3 Å². The van der Waals surface area contributed by atoms with Crippen molar-refractivity contribution in [3.05, 3.63) is 17.5 Å². The second kappa shape index (κ2) is 6.53. The van der Waals surface area contributed by atoms with Gasteiger partial charge in [-0.25, -0.2) is 0 Å². The average Bonchev–Trinajstić information content (AvgIpc) is 2.80. The van der Waals surface area contributed by atoms with E-state index >= 15 is 0 Å². The number of piperidine rings is 1. The number of rotatable bonds is 5. The van der Waals surface area contributed by atoms with Crippen LogP contribution >= 0.6 is 0 Å². The fourth-order valence-electron chi connectivity index (χ4n) is 3.01. The summed E-state index contributed by atoms with van der Waals surface area (Å²) >= 11 is 0. The third kappa shape index (κ3) is 3.80. The van der Waals surface area contributed by atoms with E-state index in [-0.39, 0.29) is 0 Å². The van der Waals surface area contributed by atoms with Gasteiger partial charge in [0.2, 0.25) is 0 Å². The molecule has 2 heterocycles. The molecule has 1 aliphatic rings. The molecular weight excluding hydrogens is 238 g/mol. The number of likely N-dealkylation sites (tertiary alicyclic amines) is 1. The van der Waals surface area contributed by atoms with Crippen LogP contribution in [-0.4, -0.2) is 29.2 Å². The van der Waals surface area contributed by atoms with Crippen molar-refractivity contribution in [2.24, 2.45) is 11.8 Å². The lowest BCUT2D eigenvalue weighted by molar-refractivity contribution is 0.0649. The molecule has 3 unspecified atom stereocenters. The van der Waals surface area contributed by atoms with Gasteiger partial charge in [-0.05, 0) is 31.7 Å². The lowest BCUT2D eigenvalue weighted by Crippen LogP contribution is -2.45. The third-order valence-electron chi connectivity index (χ3n) is 4.24. The molecular formula is C15H27N3O. The molecule has 1 aliphatic heterocycles.